The van der Waals surface area contributed by atoms with E-state index in [0.717, 1.165) is 37.0 Å². The molecule has 1 aromatic heterocycles. The smallest absolute Gasteiger partial charge is 0.324 e. The van der Waals surface area contributed by atoms with Gasteiger partial charge in [0, 0.05) is 12.1 Å². The second-order valence-corrected chi connectivity index (χ2v) is 5.27. The third kappa shape index (κ3) is 3.03. The summed E-state index contributed by atoms with van der Waals surface area (Å²) in [5.74, 6) is -0.185. The van der Waals surface area contributed by atoms with Crippen molar-refractivity contribution in [2.24, 2.45) is 0 Å². The van der Waals surface area contributed by atoms with Crippen molar-refractivity contribution in [2.45, 2.75) is 38.1 Å². The Kier molecular flexibility index (Phi) is 3.73. The van der Waals surface area contributed by atoms with Gasteiger partial charge in [0.05, 0.1) is 9.80 Å². The SMILES string of the molecule is O=C(NC1CCCCC1)c1ccc([N+](=O)[O-])s1. The maximum atomic E-state index is 11.8. The summed E-state index contributed by atoms with van der Waals surface area (Å²) in [4.78, 5) is 22.3. The van der Waals surface area contributed by atoms with Gasteiger partial charge in [-0.15, -0.1) is 0 Å². The lowest BCUT2D eigenvalue weighted by Crippen LogP contribution is -2.35. The van der Waals surface area contributed by atoms with Crippen molar-refractivity contribution in [2.75, 3.05) is 0 Å². The number of hydrogen-bond donors (Lipinski definition) is 1. The summed E-state index contributed by atoms with van der Waals surface area (Å²) < 4.78 is 0. The third-order valence-corrected chi connectivity index (χ3v) is 3.97. The Morgan fingerprint density at radius 1 is 1.35 bits per heavy atom. The van der Waals surface area contributed by atoms with Crippen LogP contribution in [-0.2, 0) is 0 Å². The molecular formula is C11H14N2O3S. The van der Waals surface area contributed by atoms with Crippen LogP contribution in [0.5, 0.6) is 0 Å². The predicted octanol–water partition coefficient (Wildman–Crippen LogP) is 2.72. The third-order valence-electron chi connectivity index (χ3n) is 2.94. The zero-order chi connectivity index (χ0) is 12.3. The van der Waals surface area contributed by atoms with Crippen LogP contribution in [0.2, 0.25) is 0 Å². The molecule has 0 atom stereocenters. The van der Waals surface area contributed by atoms with Gasteiger partial charge in [-0.1, -0.05) is 30.6 Å². The molecule has 0 bridgehead atoms. The molecule has 1 aliphatic rings. The Morgan fingerprint density at radius 3 is 2.65 bits per heavy atom. The molecule has 0 saturated heterocycles. The quantitative estimate of drug-likeness (QED) is 0.665. The number of thiophene rings is 1. The summed E-state index contributed by atoms with van der Waals surface area (Å²) in [7, 11) is 0. The van der Waals surface area contributed by atoms with E-state index in [0.29, 0.717) is 4.88 Å². The highest BCUT2D eigenvalue weighted by Gasteiger charge is 2.19. The number of amides is 1. The number of carbonyl (C=O) groups is 1. The molecule has 1 heterocycles. The molecular weight excluding hydrogens is 240 g/mol. The molecule has 17 heavy (non-hydrogen) atoms. The number of carbonyl (C=O) groups excluding carboxylic acids is 1. The fraction of sp³-hybridized carbons (Fsp3) is 0.545. The van der Waals surface area contributed by atoms with Gasteiger partial charge in [-0.05, 0) is 18.9 Å². The summed E-state index contributed by atoms with van der Waals surface area (Å²) in [6, 6.07) is 3.12. The summed E-state index contributed by atoms with van der Waals surface area (Å²) in [5.41, 5.74) is 0. The standard InChI is InChI=1S/C11H14N2O3S/c14-11(12-8-4-2-1-3-5-8)9-6-7-10(17-9)13(15)16/h6-8H,1-5H2,(H,12,14). The Balaban J connectivity index is 1.96. The lowest BCUT2D eigenvalue weighted by molar-refractivity contribution is -0.380. The maximum absolute atomic E-state index is 11.8. The molecule has 0 radical (unpaired) electrons. The van der Waals surface area contributed by atoms with Gasteiger partial charge in [0.1, 0.15) is 0 Å². The minimum absolute atomic E-state index is 0.0128. The summed E-state index contributed by atoms with van der Waals surface area (Å²) >= 11 is 0.927. The zero-order valence-electron chi connectivity index (χ0n) is 9.35. The highest BCUT2D eigenvalue weighted by Crippen LogP contribution is 2.24. The van der Waals surface area contributed by atoms with Crippen LogP contribution in [0.15, 0.2) is 12.1 Å². The van der Waals surface area contributed by atoms with E-state index in [1.54, 1.807) is 0 Å². The topological polar surface area (TPSA) is 72.2 Å². The molecule has 1 N–H and O–H groups in total. The average molecular weight is 254 g/mol. The normalized spacial score (nSPS) is 16.7. The van der Waals surface area contributed by atoms with Crippen molar-refractivity contribution in [3.05, 3.63) is 27.1 Å². The van der Waals surface area contributed by atoms with Gasteiger partial charge >= 0.3 is 5.00 Å². The predicted molar refractivity (Wildman–Crippen MR) is 65.3 cm³/mol. The molecule has 6 heteroatoms. The molecule has 0 aliphatic heterocycles. The molecule has 0 spiro atoms. The molecule has 0 unspecified atom stereocenters. The number of nitro groups is 1. The van der Waals surface area contributed by atoms with E-state index in [2.05, 4.69) is 5.32 Å². The Morgan fingerprint density at radius 2 is 2.06 bits per heavy atom. The second kappa shape index (κ2) is 5.27. The first-order chi connectivity index (χ1) is 8.16. The fourth-order valence-corrected chi connectivity index (χ4v) is 2.77. The van der Waals surface area contributed by atoms with Crippen molar-refractivity contribution in [3.8, 4) is 0 Å². The summed E-state index contributed by atoms with van der Waals surface area (Å²) in [6.45, 7) is 0. The zero-order valence-corrected chi connectivity index (χ0v) is 10.2. The van der Waals surface area contributed by atoms with Gasteiger partial charge < -0.3 is 5.32 Å². The minimum atomic E-state index is -0.470. The molecule has 1 amide bonds. The minimum Gasteiger partial charge on any atom is -0.349 e. The van der Waals surface area contributed by atoms with E-state index < -0.39 is 4.92 Å². The highest BCUT2D eigenvalue weighted by atomic mass is 32.1. The van der Waals surface area contributed by atoms with Crippen LogP contribution < -0.4 is 5.32 Å². The van der Waals surface area contributed by atoms with Gasteiger partial charge in [0.15, 0.2) is 0 Å². The lowest BCUT2D eigenvalue weighted by atomic mass is 9.95. The molecule has 0 aromatic carbocycles. The summed E-state index contributed by atoms with van der Waals surface area (Å²) in [6.07, 6.45) is 5.56. The van der Waals surface area contributed by atoms with Crippen molar-refractivity contribution in [1.29, 1.82) is 0 Å². The van der Waals surface area contributed by atoms with E-state index in [1.807, 2.05) is 0 Å². The van der Waals surface area contributed by atoms with Crippen LogP contribution in [0.4, 0.5) is 5.00 Å². The Labute approximate surface area is 103 Å². The Hall–Kier alpha value is -1.43. The van der Waals surface area contributed by atoms with Gasteiger partial charge in [-0.25, -0.2) is 0 Å². The van der Waals surface area contributed by atoms with Crippen LogP contribution in [0.1, 0.15) is 41.8 Å². The molecule has 1 fully saturated rings. The molecule has 92 valence electrons. The maximum Gasteiger partial charge on any atom is 0.324 e. The number of nitrogens with one attached hydrogen (secondary N) is 1. The first kappa shape index (κ1) is 12.0. The van der Waals surface area contributed by atoms with E-state index in [9.17, 15) is 14.9 Å². The van der Waals surface area contributed by atoms with E-state index in [1.165, 1.54) is 18.6 Å². The van der Waals surface area contributed by atoms with Gasteiger partial charge in [0.25, 0.3) is 5.91 Å². The molecule has 5 nitrogen and oxygen atoms in total. The molecule has 2 rings (SSSR count). The number of nitrogens with zero attached hydrogens (tertiary/aromatic N) is 1. The number of hydrogen-bond acceptors (Lipinski definition) is 4. The first-order valence-electron chi connectivity index (χ1n) is 5.72. The molecule has 1 aliphatic carbocycles. The van der Waals surface area contributed by atoms with Crippen molar-refractivity contribution < 1.29 is 9.72 Å². The Bertz CT molecular complexity index is 424. The van der Waals surface area contributed by atoms with Crippen molar-refractivity contribution in [3.63, 3.8) is 0 Å². The van der Waals surface area contributed by atoms with Crippen LogP contribution >= 0.6 is 11.3 Å². The summed E-state index contributed by atoms with van der Waals surface area (Å²) in [5, 5.41) is 13.5. The molecule has 1 saturated carbocycles. The number of rotatable bonds is 3. The second-order valence-electron chi connectivity index (χ2n) is 4.20. The van der Waals surface area contributed by atoms with E-state index in [4.69, 9.17) is 0 Å². The van der Waals surface area contributed by atoms with Crippen LogP contribution in [0, 0.1) is 10.1 Å². The monoisotopic (exact) mass is 254 g/mol. The van der Waals surface area contributed by atoms with Crippen LogP contribution in [-0.4, -0.2) is 16.9 Å². The average Bonchev–Trinajstić information content (AvgIpc) is 2.79. The molecule has 1 aromatic rings. The lowest BCUT2D eigenvalue weighted by Gasteiger charge is -2.22. The fourth-order valence-electron chi connectivity index (χ4n) is 2.05. The van der Waals surface area contributed by atoms with Gasteiger partial charge in [0.2, 0.25) is 0 Å². The van der Waals surface area contributed by atoms with E-state index in [-0.39, 0.29) is 17.0 Å². The highest BCUT2D eigenvalue weighted by molar-refractivity contribution is 7.17. The van der Waals surface area contributed by atoms with Crippen LogP contribution in [0.3, 0.4) is 0 Å². The van der Waals surface area contributed by atoms with Crippen molar-refractivity contribution in [1.82, 2.24) is 5.32 Å². The van der Waals surface area contributed by atoms with Crippen LogP contribution in [0.25, 0.3) is 0 Å². The van der Waals surface area contributed by atoms with Gasteiger partial charge in [-0.2, -0.15) is 0 Å². The van der Waals surface area contributed by atoms with E-state index >= 15 is 0 Å². The van der Waals surface area contributed by atoms with Gasteiger partial charge in [-0.3, -0.25) is 14.9 Å². The first-order valence-corrected chi connectivity index (χ1v) is 6.53. The van der Waals surface area contributed by atoms with Crippen molar-refractivity contribution >= 4 is 22.2 Å². The largest absolute Gasteiger partial charge is 0.349 e.